The van der Waals surface area contributed by atoms with E-state index in [1.807, 2.05) is 11.3 Å². The van der Waals surface area contributed by atoms with Gasteiger partial charge in [0, 0.05) is 41.1 Å². The van der Waals surface area contributed by atoms with Crippen LogP contribution in [0.4, 0.5) is 0 Å². The molecule has 6 aromatic rings. The van der Waals surface area contributed by atoms with Crippen molar-refractivity contribution >= 4 is 69.2 Å². The number of benzene rings is 4. The monoisotopic (exact) mass is 427 g/mol. The van der Waals surface area contributed by atoms with Gasteiger partial charge in [-0.2, -0.15) is 0 Å². The number of fused-ring (bicyclic) bond motifs is 7. The first-order valence-corrected chi connectivity index (χ1v) is 10.5. The van der Waals surface area contributed by atoms with Crippen LogP contribution in [0.2, 0.25) is 0 Å². The van der Waals surface area contributed by atoms with Gasteiger partial charge in [-0.25, -0.2) is 0 Å². The number of halogens is 1. The number of aromatic nitrogens is 1. The molecule has 27 heavy (non-hydrogen) atoms. The van der Waals surface area contributed by atoms with Gasteiger partial charge in [0.15, 0.2) is 0 Å². The fourth-order valence-corrected chi connectivity index (χ4v) is 5.63. The molecule has 0 aliphatic heterocycles. The average molecular weight is 428 g/mol. The Balaban J connectivity index is 1.93. The van der Waals surface area contributed by atoms with Crippen LogP contribution >= 0.6 is 27.3 Å². The molecule has 3 heteroatoms. The Labute approximate surface area is 168 Å². The van der Waals surface area contributed by atoms with E-state index in [1.165, 1.54) is 47.7 Å². The molecule has 0 atom stereocenters. The van der Waals surface area contributed by atoms with Gasteiger partial charge in [-0.15, -0.1) is 11.3 Å². The van der Waals surface area contributed by atoms with Crippen LogP contribution in [0, 0.1) is 0 Å². The van der Waals surface area contributed by atoms with E-state index in [0.717, 1.165) is 4.47 Å². The van der Waals surface area contributed by atoms with Gasteiger partial charge >= 0.3 is 0 Å². The van der Waals surface area contributed by atoms with Crippen molar-refractivity contribution in [2.75, 3.05) is 0 Å². The molecule has 4 aromatic carbocycles. The standard InChI is InChI=1S/C24H14BrNS/c25-15-10-11-19-18(14-15)23-20(26(19)16-6-2-1-3-7-16)12-13-22-24(23)17-8-4-5-9-21(17)27-22/h1-14H. The third-order valence-corrected chi connectivity index (χ3v) is 6.87. The molecule has 128 valence electrons. The Kier molecular flexibility index (Phi) is 3.25. The summed E-state index contributed by atoms with van der Waals surface area (Å²) in [5.41, 5.74) is 3.69. The van der Waals surface area contributed by atoms with Gasteiger partial charge in [0.1, 0.15) is 0 Å². The van der Waals surface area contributed by atoms with Crippen LogP contribution in [-0.2, 0) is 0 Å². The Hall–Kier alpha value is -2.62. The summed E-state index contributed by atoms with van der Waals surface area (Å²) in [6.45, 7) is 0. The van der Waals surface area contributed by atoms with Crippen molar-refractivity contribution in [1.82, 2.24) is 4.57 Å². The van der Waals surface area contributed by atoms with Crippen molar-refractivity contribution in [2.24, 2.45) is 0 Å². The minimum Gasteiger partial charge on any atom is -0.309 e. The van der Waals surface area contributed by atoms with E-state index in [4.69, 9.17) is 0 Å². The molecule has 0 aliphatic carbocycles. The minimum absolute atomic E-state index is 1.11. The van der Waals surface area contributed by atoms with E-state index in [9.17, 15) is 0 Å². The van der Waals surface area contributed by atoms with Crippen molar-refractivity contribution in [2.45, 2.75) is 0 Å². The van der Waals surface area contributed by atoms with Gasteiger partial charge in [0.05, 0.1) is 11.0 Å². The molecule has 2 aromatic heterocycles. The van der Waals surface area contributed by atoms with Crippen LogP contribution in [0.5, 0.6) is 0 Å². The molecule has 0 unspecified atom stereocenters. The molecule has 0 radical (unpaired) electrons. The summed E-state index contributed by atoms with van der Waals surface area (Å²) in [5, 5.41) is 5.34. The Morgan fingerprint density at radius 2 is 1.41 bits per heavy atom. The van der Waals surface area contributed by atoms with E-state index in [0.29, 0.717) is 0 Å². The highest BCUT2D eigenvalue weighted by atomic mass is 79.9. The van der Waals surface area contributed by atoms with Crippen molar-refractivity contribution in [3.05, 3.63) is 89.4 Å². The van der Waals surface area contributed by atoms with Gasteiger partial charge in [0.2, 0.25) is 0 Å². The highest BCUT2D eigenvalue weighted by Gasteiger charge is 2.17. The van der Waals surface area contributed by atoms with Crippen LogP contribution in [0.15, 0.2) is 89.4 Å². The molecule has 2 heterocycles. The van der Waals surface area contributed by atoms with E-state index in [2.05, 4.69) is 105 Å². The van der Waals surface area contributed by atoms with Crippen molar-refractivity contribution in [1.29, 1.82) is 0 Å². The zero-order chi connectivity index (χ0) is 18.0. The summed E-state index contributed by atoms with van der Waals surface area (Å²) in [7, 11) is 0. The maximum Gasteiger partial charge on any atom is 0.0548 e. The lowest BCUT2D eigenvalue weighted by atomic mass is 10.1. The highest BCUT2D eigenvalue weighted by Crippen LogP contribution is 2.43. The fourth-order valence-electron chi connectivity index (χ4n) is 4.15. The van der Waals surface area contributed by atoms with Crippen molar-refractivity contribution in [3.63, 3.8) is 0 Å². The van der Waals surface area contributed by atoms with Gasteiger partial charge in [-0.05, 0) is 48.5 Å². The lowest BCUT2D eigenvalue weighted by Gasteiger charge is -2.07. The van der Waals surface area contributed by atoms with Crippen LogP contribution in [-0.4, -0.2) is 4.57 Å². The van der Waals surface area contributed by atoms with Crippen LogP contribution in [0.1, 0.15) is 0 Å². The van der Waals surface area contributed by atoms with Crippen LogP contribution in [0.25, 0.3) is 47.7 Å². The second-order valence-corrected chi connectivity index (χ2v) is 8.76. The first-order valence-electron chi connectivity index (χ1n) is 8.90. The smallest absolute Gasteiger partial charge is 0.0548 e. The molecule has 0 saturated heterocycles. The van der Waals surface area contributed by atoms with E-state index in [-0.39, 0.29) is 0 Å². The van der Waals surface area contributed by atoms with Gasteiger partial charge in [0.25, 0.3) is 0 Å². The first kappa shape index (κ1) is 15.4. The predicted molar refractivity (Wildman–Crippen MR) is 121 cm³/mol. The SMILES string of the molecule is Brc1ccc2c(c1)c1c3c(ccc1n2-c1ccccc1)sc1ccccc13. The van der Waals surface area contributed by atoms with Gasteiger partial charge in [-0.3, -0.25) is 0 Å². The highest BCUT2D eigenvalue weighted by molar-refractivity contribution is 9.10. The van der Waals surface area contributed by atoms with Crippen LogP contribution in [0.3, 0.4) is 0 Å². The van der Waals surface area contributed by atoms with Crippen molar-refractivity contribution in [3.8, 4) is 5.69 Å². The predicted octanol–water partition coefficient (Wildman–Crippen LogP) is 7.91. The largest absolute Gasteiger partial charge is 0.309 e. The quantitative estimate of drug-likeness (QED) is 0.251. The molecule has 1 nitrogen and oxygen atoms in total. The Morgan fingerprint density at radius 3 is 2.30 bits per heavy atom. The second-order valence-electron chi connectivity index (χ2n) is 6.76. The molecule has 0 N–H and O–H groups in total. The second kappa shape index (κ2) is 5.69. The summed E-state index contributed by atoms with van der Waals surface area (Å²) in [6, 6.07) is 30.5. The zero-order valence-electron chi connectivity index (χ0n) is 14.3. The van der Waals surface area contributed by atoms with Gasteiger partial charge in [-0.1, -0.05) is 52.3 Å². The molecule has 0 bridgehead atoms. The van der Waals surface area contributed by atoms with Crippen LogP contribution < -0.4 is 0 Å². The third kappa shape index (κ3) is 2.16. The maximum absolute atomic E-state index is 3.68. The minimum atomic E-state index is 1.11. The molecule has 0 aliphatic rings. The van der Waals surface area contributed by atoms with Crippen molar-refractivity contribution < 1.29 is 0 Å². The average Bonchev–Trinajstić information content (AvgIpc) is 3.23. The molecule has 0 fully saturated rings. The maximum atomic E-state index is 3.68. The summed E-state index contributed by atoms with van der Waals surface area (Å²) in [4.78, 5) is 0. The number of hydrogen-bond donors (Lipinski definition) is 0. The summed E-state index contributed by atoms with van der Waals surface area (Å²) in [5.74, 6) is 0. The first-order chi connectivity index (χ1) is 13.3. The number of rotatable bonds is 1. The zero-order valence-corrected chi connectivity index (χ0v) is 16.7. The number of thiophene rings is 1. The molecule has 0 amide bonds. The molecule has 0 spiro atoms. The number of para-hydroxylation sites is 1. The molecule has 0 saturated carbocycles. The topological polar surface area (TPSA) is 4.93 Å². The summed E-state index contributed by atoms with van der Waals surface area (Å²) in [6.07, 6.45) is 0. The summed E-state index contributed by atoms with van der Waals surface area (Å²) >= 11 is 5.55. The molecular formula is C24H14BrNS. The third-order valence-electron chi connectivity index (χ3n) is 5.25. The Morgan fingerprint density at radius 1 is 0.630 bits per heavy atom. The van der Waals surface area contributed by atoms with E-state index in [1.54, 1.807) is 0 Å². The van der Waals surface area contributed by atoms with Gasteiger partial charge < -0.3 is 4.57 Å². The van der Waals surface area contributed by atoms with E-state index < -0.39 is 0 Å². The lowest BCUT2D eigenvalue weighted by Crippen LogP contribution is -1.92. The fraction of sp³-hybridized carbons (Fsp3) is 0. The lowest BCUT2D eigenvalue weighted by molar-refractivity contribution is 1.18. The van der Waals surface area contributed by atoms with E-state index >= 15 is 0 Å². The molecule has 6 rings (SSSR count). The summed E-state index contributed by atoms with van der Waals surface area (Å²) < 4.78 is 6.17. The molecular weight excluding hydrogens is 414 g/mol. The Bertz CT molecular complexity index is 1470. The number of nitrogens with zero attached hydrogens (tertiary/aromatic N) is 1. The number of hydrogen-bond acceptors (Lipinski definition) is 1. The normalized spacial score (nSPS) is 11.9.